The van der Waals surface area contributed by atoms with E-state index in [-0.39, 0.29) is 11.5 Å². The number of anilines is 2. The smallest absolute Gasteiger partial charge is 0.268 e. The van der Waals surface area contributed by atoms with Crippen molar-refractivity contribution in [1.82, 2.24) is 4.90 Å². The quantitative estimate of drug-likeness (QED) is 0.590. The van der Waals surface area contributed by atoms with Crippen LogP contribution in [0.4, 0.5) is 11.4 Å². The third-order valence-electron chi connectivity index (χ3n) is 3.32. The van der Waals surface area contributed by atoms with Crippen LogP contribution >= 0.6 is 0 Å². The van der Waals surface area contributed by atoms with Gasteiger partial charge in [0, 0.05) is 13.1 Å². The van der Waals surface area contributed by atoms with Gasteiger partial charge in [0.1, 0.15) is 11.9 Å². The van der Waals surface area contributed by atoms with Crippen LogP contribution in [0.1, 0.15) is 0 Å². The lowest BCUT2D eigenvalue weighted by Gasteiger charge is -2.26. The maximum atomic E-state index is 12.4. The van der Waals surface area contributed by atoms with Gasteiger partial charge in [-0.1, -0.05) is 12.1 Å². The number of rotatable bonds is 1. The van der Waals surface area contributed by atoms with Crippen LogP contribution in [0.5, 0.6) is 0 Å². The Labute approximate surface area is 116 Å². The molecular formula is C14H14N4O2. The van der Waals surface area contributed by atoms with E-state index in [0.29, 0.717) is 32.1 Å². The molecule has 2 N–H and O–H groups in total. The molecule has 0 spiro atoms. The number of ether oxygens (including phenoxy) is 1. The molecule has 2 heterocycles. The minimum atomic E-state index is -0.265. The zero-order valence-corrected chi connectivity index (χ0v) is 10.8. The van der Waals surface area contributed by atoms with Crippen LogP contribution in [0.3, 0.4) is 0 Å². The molecule has 0 bridgehead atoms. The van der Waals surface area contributed by atoms with E-state index < -0.39 is 0 Å². The molecule has 0 aliphatic carbocycles. The summed E-state index contributed by atoms with van der Waals surface area (Å²) in [6.07, 6.45) is 0. The van der Waals surface area contributed by atoms with Gasteiger partial charge in [0.2, 0.25) is 0 Å². The van der Waals surface area contributed by atoms with Crippen molar-refractivity contribution in [2.45, 2.75) is 0 Å². The summed E-state index contributed by atoms with van der Waals surface area (Å²) in [6, 6.07) is 9.57. The molecule has 0 unspecified atom stereocenters. The number of carbonyl (C=O) groups is 1. The summed E-state index contributed by atoms with van der Waals surface area (Å²) in [5.41, 5.74) is 1.83. The van der Waals surface area contributed by atoms with Gasteiger partial charge in [-0.3, -0.25) is 4.79 Å². The van der Waals surface area contributed by atoms with Crippen LogP contribution in [-0.4, -0.2) is 37.1 Å². The molecule has 2 aliphatic heterocycles. The molecule has 2 aliphatic rings. The Morgan fingerprint density at radius 3 is 2.35 bits per heavy atom. The van der Waals surface area contributed by atoms with Gasteiger partial charge < -0.3 is 20.3 Å². The summed E-state index contributed by atoms with van der Waals surface area (Å²) in [5, 5.41) is 15.4. The van der Waals surface area contributed by atoms with Crippen molar-refractivity contribution in [3.63, 3.8) is 0 Å². The van der Waals surface area contributed by atoms with Gasteiger partial charge in [0.15, 0.2) is 5.57 Å². The number of morpholine rings is 1. The Morgan fingerprint density at radius 1 is 1.20 bits per heavy atom. The van der Waals surface area contributed by atoms with Gasteiger partial charge in [0.25, 0.3) is 5.91 Å². The molecule has 20 heavy (non-hydrogen) atoms. The first-order chi connectivity index (χ1) is 9.79. The Kier molecular flexibility index (Phi) is 3.27. The number of hydrogen-bond donors (Lipinski definition) is 2. The highest BCUT2D eigenvalue weighted by Gasteiger charge is 2.26. The molecule has 0 atom stereocenters. The molecule has 1 aromatic carbocycles. The number of carbonyl (C=O) groups excluding carboxylic acids is 1. The van der Waals surface area contributed by atoms with E-state index in [1.165, 1.54) is 0 Å². The minimum Gasteiger partial charge on any atom is -0.378 e. The zero-order chi connectivity index (χ0) is 13.9. The average Bonchev–Trinajstić information content (AvgIpc) is 2.92. The Hall–Kier alpha value is -2.52. The van der Waals surface area contributed by atoms with E-state index in [2.05, 4.69) is 10.6 Å². The van der Waals surface area contributed by atoms with Crippen molar-refractivity contribution >= 4 is 17.3 Å². The van der Waals surface area contributed by atoms with E-state index in [4.69, 9.17) is 4.74 Å². The summed E-state index contributed by atoms with van der Waals surface area (Å²) >= 11 is 0. The fraction of sp³-hybridized carbons (Fsp3) is 0.286. The van der Waals surface area contributed by atoms with Gasteiger partial charge in [-0.25, -0.2) is 0 Å². The van der Waals surface area contributed by atoms with E-state index in [9.17, 15) is 10.1 Å². The zero-order valence-electron chi connectivity index (χ0n) is 10.8. The number of benzene rings is 1. The van der Waals surface area contributed by atoms with Crippen molar-refractivity contribution in [3.05, 3.63) is 35.7 Å². The van der Waals surface area contributed by atoms with E-state index in [1.54, 1.807) is 4.90 Å². The second-order valence-electron chi connectivity index (χ2n) is 4.56. The Bertz CT molecular complexity index is 585. The van der Waals surface area contributed by atoms with Crippen molar-refractivity contribution in [2.24, 2.45) is 0 Å². The van der Waals surface area contributed by atoms with Gasteiger partial charge in [-0.05, 0) is 12.1 Å². The van der Waals surface area contributed by atoms with Crippen LogP contribution in [0.2, 0.25) is 0 Å². The van der Waals surface area contributed by atoms with E-state index >= 15 is 0 Å². The number of amides is 1. The van der Waals surface area contributed by atoms with Gasteiger partial charge >= 0.3 is 0 Å². The molecule has 1 saturated heterocycles. The predicted octanol–water partition coefficient (Wildman–Crippen LogP) is 1.12. The first-order valence-corrected chi connectivity index (χ1v) is 6.44. The number of hydrogen-bond acceptors (Lipinski definition) is 5. The predicted molar refractivity (Wildman–Crippen MR) is 73.7 cm³/mol. The highest BCUT2D eigenvalue weighted by atomic mass is 16.5. The van der Waals surface area contributed by atoms with Crippen molar-refractivity contribution in [3.8, 4) is 6.07 Å². The SMILES string of the molecule is N#CC(C(=O)N1CCOCC1)=C1Nc2ccccc2N1. The monoisotopic (exact) mass is 270 g/mol. The second kappa shape index (κ2) is 5.23. The largest absolute Gasteiger partial charge is 0.378 e. The first-order valence-electron chi connectivity index (χ1n) is 6.44. The van der Waals surface area contributed by atoms with Gasteiger partial charge in [-0.15, -0.1) is 0 Å². The number of nitrogens with one attached hydrogen (secondary N) is 2. The summed E-state index contributed by atoms with van der Waals surface area (Å²) < 4.78 is 5.22. The van der Waals surface area contributed by atoms with Crippen LogP contribution in [0.15, 0.2) is 35.7 Å². The third-order valence-corrected chi connectivity index (χ3v) is 3.32. The van der Waals surface area contributed by atoms with Crippen molar-refractivity contribution in [1.29, 1.82) is 5.26 Å². The normalized spacial score (nSPS) is 16.8. The molecule has 1 fully saturated rings. The lowest BCUT2D eigenvalue weighted by molar-refractivity contribution is -0.130. The molecule has 0 saturated carbocycles. The summed E-state index contributed by atoms with van der Waals surface area (Å²) in [5.74, 6) is 0.184. The fourth-order valence-corrected chi connectivity index (χ4v) is 2.26. The van der Waals surface area contributed by atoms with Crippen LogP contribution in [0, 0.1) is 11.3 Å². The van der Waals surface area contributed by atoms with Crippen molar-refractivity contribution < 1.29 is 9.53 Å². The maximum Gasteiger partial charge on any atom is 0.268 e. The average molecular weight is 270 g/mol. The highest BCUT2D eigenvalue weighted by Crippen LogP contribution is 2.31. The van der Waals surface area contributed by atoms with Crippen LogP contribution < -0.4 is 10.6 Å². The van der Waals surface area contributed by atoms with Crippen LogP contribution in [0.25, 0.3) is 0 Å². The maximum absolute atomic E-state index is 12.4. The molecule has 102 valence electrons. The molecule has 6 heteroatoms. The second-order valence-corrected chi connectivity index (χ2v) is 4.56. The number of para-hydroxylation sites is 2. The Balaban J connectivity index is 1.86. The summed E-state index contributed by atoms with van der Waals surface area (Å²) in [4.78, 5) is 14.0. The summed E-state index contributed by atoms with van der Waals surface area (Å²) in [7, 11) is 0. The van der Waals surface area contributed by atoms with E-state index in [1.807, 2.05) is 30.3 Å². The Morgan fingerprint density at radius 2 is 1.80 bits per heavy atom. The molecule has 1 aromatic rings. The molecule has 1 amide bonds. The number of nitriles is 1. The van der Waals surface area contributed by atoms with Gasteiger partial charge in [-0.2, -0.15) is 5.26 Å². The lowest BCUT2D eigenvalue weighted by atomic mass is 10.2. The molecule has 3 rings (SSSR count). The number of nitrogens with zero attached hydrogens (tertiary/aromatic N) is 2. The molecular weight excluding hydrogens is 256 g/mol. The van der Waals surface area contributed by atoms with Crippen LogP contribution in [-0.2, 0) is 9.53 Å². The minimum absolute atomic E-state index is 0.100. The standard InChI is InChI=1S/C14H14N4O2/c15-9-10(14(19)18-5-7-20-8-6-18)13-16-11-3-1-2-4-12(11)17-13/h1-4,16-17H,5-8H2. The summed E-state index contributed by atoms with van der Waals surface area (Å²) in [6.45, 7) is 2.07. The van der Waals surface area contributed by atoms with E-state index in [0.717, 1.165) is 11.4 Å². The molecule has 6 nitrogen and oxygen atoms in total. The number of fused-ring (bicyclic) bond motifs is 1. The van der Waals surface area contributed by atoms with Crippen molar-refractivity contribution in [2.75, 3.05) is 36.9 Å². The first kappa shape index (κ1) is 12.5. The third kappa shape index (κ3) is 2.19. The topological polar surface area (TPSA) is 77.4 Å². The highest BCUT2D eigenvalue weighted by molar-refractivity contribution is 6.00. The molecule has 0 radical (unpaired) electrons. The molecule has 0 aromatic heterocycles. The fourth-order valence-electron chi connectivity index (χ4n) is 2.26. The lowest BCUT2D eigenvalue weighted by Crippen LogP contribution is -2.41. The van der Waals surface area contributed by atoms with Gasteiger partial charge in [0.05, 0.1) is 24.6 Å².